The minimum absolute atomic E-state index is 0.0562. The van der Waals surface area contributed by atoms with Crippen LogP contribution in [0.4, 0.5) is 11.4 Å². The molecule has 0 radical (unpaired) electrons. The molecule has 268 valence electrons. The van der Waals surface area contributed by atoms with Crippen molar-refractivity contribution in [3.05, 3.63) is 186 Å². The Bertz CT molecular complexity index is 2710. The van der Waals surface area contributed by atoms with Crippen molar-refractivity contribution in [3.8, 4) is 45.9 Å². The van der Waals surface area contributed by atoms with Gasteiger partial charge < -0.3 is 18.3 Å². The molecule has 8 rings (SSSR count). The molecule has 0 atom stereocenters. The Morgan fingerprint density at radius 2 is 0.927 bits per heavy atom. The molecule has 2 heterocycles. The number of rotatable bonds is 10. The number of hydrogen-bond acceptors (Lipinski definition) is 12. The molecule has 14 nitrogen and oxygen atoms in total. The maximum absolute atomic E-state index is 13.2. The highest BCUT2D eigenvalue weighted by atomic mass is 16.6. The van der Waals surface area contributed by atoms with Gasteiger partial charge in [-0.05, 0) is 102 Å². The van der Waals surface area contributed by atoms with Gasteiger partial charge in [0, 0.05) is 35.4 Å². The predicted octanol–water partition coefficient (Wildman–Crippen LogP) is 9.02. The third-order valence-corrected chi connectivity index (χ3v) is 8.52. The lowest BCUT2D eigenvalue weighted by atomic mass is 10.0. The Labute approximate surface area is 308 Å². The summed E-state index contributed by atoms with van der Waals surface area (Å²) in [6.07, 6.45) is 0.387. The first-order chi connectivity index (χ1) is 26.6. The second-order valence-electron chi connectivity index (χ2n) is 12.3. The Morgan fingerprint density at radius 3 is 1.33 bits per heavy atom. The molecule has 0 unspecified atom stereocenters. The van der Waals surface area contributed by atoms with Gasteiger partial charge in [0.05, 0.1) is 31.7 Å². The van der Waals surface area contributed by atoms with Gasteiger partial charge in [-0.25, -0.2) is 19.6 Å². The second kappa shape index (κ2) is 14.2. The summed E-state index contributed by atoms with van der Waals surface area (Å²) in [5.74, 6) is 1.82. The van der Waals surface area contributed by atoms with Crippen LogP contribution in [0.3, 0.4) is 0 Å². The molecule has 0 amide bonds. The Morgan fingerprint density at radius 1 is 0.509 bits per heavy atom. The molecule has 0 N–H and O–H groups in total. The number of ether oxygens (including phenoxy) is 2. The van der Waals surface area contributed by atoms with E-state index in [9.17, 15) is 29.8 Å². The summed E-state index contributed by atoms with van der Waals surface area (Å²) in [7, 11) is 0. The molecule has 0 bridgehead atoms. The topological polar surface area (TPSA) is 191 Å². The van der Waals surface area contributed by atoms with Gasteiger partial charge in [0.1, 0.15) is 23.0 Å². The van der Waals surface area contributed by atoms with Gasteiger partial charge in [0.2, 0.25) is 11.8 Å². The minimum atomic E-state index is -0.582. The van der Waals surface area contributed by atoms with Crippen molar-refractivity contribution in [2.45, 2.75) is 6.42 Å². The van der Waals surface area contributed by atoms with E-state index >= 15 is 0 Å². The molecule has 0 aliphatic carbocycles. The summed E-state index contributed by atoms with van der Waals surface area (Å²) >= 11 is 0. The average molecular weight is 733 g/mol. The lowest BCUT2D eigenvalue weighted by Crippen LogP contribution is -2.05. The third-order valence-electron chi connectivity index (χ3n) is 8.52. The first-order valence-electron chi connectivity index (χ1n) is 16.6. The predicted molar refractivity (Wildman–Crippen MR) is 201 cm³/mol. The number of non-ortho nitro benzene ring substituents is 2. The quantitative estimate of drug-likeness (QED) is 0.0959. The van der Waals surface area contributed by atoms with Crippen molar-refractivity contribution in [2.24, 2.45) is 0 Å². The SMILES string of the molecule is O=c1oc(-c2cccc(Oc3ccc([N+](=O)[O-])cc3)c2)nc2ccc(Cc3ccc4nc(-c5cccc(Oc6ccc([N+](=O)[O-])cc6)c5)oc(=O)c4c3)cc12. The number of aromatic nitrogens is 2. The van der Waals surface area contributed by atoms with Gasteiger partial charge in [-0.3, -0.25) is 20.2 Å². The van der Waals surface area contributed by atoms with Crippen molar-refractivity contribution >= 4 is 33.2 Å². The van der Waals surface area contributed by atoms with Gasteiger partial charge in [-0.15, -0.1) is 0 Å². The van der Waals surface area contributed by atoms with E-state index in [1.807, 2.05) is 12.1 Å². The monoisotopic (exact) mass is 732 g/mol. The molecule has 8 aromatic rings. The van der Waals surface area contributed by atoms with Crippen LogP contribution in [-0.2, 0) is 6.42 Å². The lowest BCUT2D eigenvalue weighted by molar-refractivity contribution is -0.385. The molecule has 2 aromatic heterocycles. The molecule has 0 aliphatic heterocycles. The summed E-state index contributed by atoms with van der Waals surface area (Å²) in [6.45, 7) is 0. The van der Waals surface area contributed by atoms with Crippen LogP contribution in [-0.4, -0.2) is 19.8 Å². The summed E-state index contributed by atoms with van der Waals surface area (Å²) in [4.78, 5) is 56.4. The van der Waals surface area contributed by atoms with Crippen LogP contribution in [0.2, 0.25) is 0 Å². The normalized spacial score (nSPS) is 11.1. The van der Waals surface area contributed by atoms with Crippen LogP contribution in [0.15, 0.2) is 152 Å². The number of nitrogens with zero attached hydrogens (tertiary/aromatic N) is 4. The first kappa shape index (κ1) is 34.1. The molecule has 0 spiro atoms. The smallest absolute Gasteiger partial charge is 0.347 e. The summed E-state index contributed by atoms with van der Waals surface area (Å²) in [5, 5.41) is 22.5. The molecule has 0 saturated heterocycles. The van der Waals surface area contributed by atoms with E-state index in [0.29, 0.717) is 51.6 Å². The van der Waals surface area contributed by atoms with E-state index in [1.54, 1.807) is 72.8 Å². The molecule has 14 heteroatoms. The molecule has 6 aromatic carbocycles. The number of hydrogen-bond donors (Lipinski definition) is 0. The molecule has 55 heavy (non-hydrogen) atoms. The summed E-state index contributed by atoms with van der Waals surface area (Å²) in [6, 6.07) is 35.4. The zero-order valence-electron chi connectivity index (χ0n) is 28.3. The zero-order valence-corrected chi connectivity index (χ0v) is 28.3. The maximum Gasteiger partial charge on any atom is 0.347 e. The van der Waals surface area contributed by atoms with Crippen LogP contribution in [0.25, 0.3) is 44.7 Å². The number of benzene rings is 6. The van der Waals surface area contributed by atoms with E-state index in [0.717, 1.165) is 11.1 Å². The van der Waals surface area contributed by atoms with E-state index in [4.69, 9.17) is 18.3 Å². The highest BCUT2D eigenvalue weighted by molar-refractivity contribution is 5.81. The maximum atomic E-state index is 13.2. The third kappa shape index (κ3) is 7.36. The van der Waals surface area contributed by atoms with Crippen molar-refractivity contribution < 1.29 is 28.2 Å². The van der Waals surface area contributed by atoms with Crippen molar-refractivity contribution in [1.82, 2.24) is 9.97 Å². The highest BCUT2D eigenvalue weighted by Gasteiger charge is 2.14. The minimum Gasteiger partial charge on any atom is -0.457 e. The number of fused-ring (bicyclic) bond motifs is 2. The van der Waals surface area contributed by atoms with E-state index in [1.165, 1.54) is 48.5 Å². The standard InChI is InChI=1S/C41H24N4O10/c46-40-34-20-24(7-17-36(34)42-38(54-40)26-3-1-5-32(22-26)52-30-13-9-28(10-14-30)44(48)49)19-25-8-18-37-35(21-25)41(47)55-39(43-37)27-4-2-6-33(23-27)53-31-15-11-29(12-16-31)45(50)51/h1-18,20-23H,19H2. The summed E-state index contributed by atoms with van der Waals surface area (Å²) < 4.78 is 22.9. The van der Waals surface area contributed by atoms with Crippen LogP contribution in [0, 0.1) is 20.2 Å². The van der Waals surface area contributed by atoms with Crippen molar-refractivity contribution in [3.63, 3.8) is 0 Å². The van der Waals surface area contributed by atoms with Crippen LogP contribution in [0.5, 0.6) is 23.0 Å². The fourth-order valence-corrected chi connectivity index (χ4v) is 5.87. The average Bonchev–Trinajstić information content (AvgIpc) is 3.19. The fraction of sp³-hybridized carbons (Fsp3) is 0.0244. The van der Waals surface area contributed by atoms with E-state index < -0.39 is 21.1 Å². The molecular weight excluding hydrogens is 708 g/mol. The van der Waals surface area contributed by atoms with Gasteiger partial charge in [-0.1, -0.05) is 24.3 Å². The van der Waals surface area contributed by atoms with Crippen LogP contribution >= 0.6 is 0 Å². The van der Waals surface area contributed by atoms with Gasteiger partial charge >= 0.3 is 11.3 Å². The second-order valence-corrected chi connectivity index (χ2v) is 12.3. The van der Waals surface area contributed by atoms with Crippen molar-refractivity contribution in [2.75, 3.05) is 0 Å². The Hall–Kier alpha value is -8.00. The zero-order chi connectivity index (χ0) is 38.1. The Balaban J connectivity index is 0.993. The molecule has 0 aliphatic rings. The van der Waals surface area contributed by atoms with Gasteiger partial charge in [0.25, 0.3) is 11.4 Å². The van der Waals surface area contributed by atoms with Crippen LogP contribution < -0.4 is 20.7 Å². The molecular formula is C41H24N4O10. The molecule has 0 fully saturated rings. The van der Waals surface area contributed by atoms with Gasteiger partial charge in [0.15, 0.2) is 0 Å². The summed E-state index contributed by atoms with van der Waals surface area (Å²) in [5.41, 5.74) is 2.14. The van der Waals surface area contributed by atoms with Gasteiger partial charge in [-0.2, -0.15) is 0 Å². The van der Waals surface area contributed by atoms with Crippen molar-refractivity contribution in [1.29, 1.82) is 0 Å². The number of nitro groups is 2. The highest BCUT2D eigenvalue weighted by Crippen LogP contribution is 2.30. The largest absolute Gasteiger partial charge is 0.457 e. The number of nitro benzene ring substituents is 2. The molecule has 0 saturated carbocycles. The lowest BCUT2D eigenvalue weighted by Gasteiger charge is -2.09. The Kier molecular flexibility index (Phi) is 8.80. The van der Waals surface area contributed by atoms with E-state index in [-0.39, 0.29) is 33.9 Å². The fourth-order valence-electron chi connectivity index (χ4n) is 5.87. The van der Waals surface area contributed by atoms with E-state index in [2.05, 4.69) is 9.97 Å². The van der Waals surface area contributed by atoms with Crippen LogP contribution in [0.1, 0.15) is 11.1 Å². The first-order valence-corrected chi connectivity index (χ1v) is 16.6.